The topological polar surface area (TPSA) is 53.6 Å². The van der Waals surface area contributed by atoms with Gasteiger partial charge in [0.25, 0.3) is 0 Å². The van der Waals surface area contributed by atoms with Gasteiger partial charge in [-0.3, -0.25) is 4.68 Å². The molecule has 17 heavy (non-hydrogen) atoms. The standard InChI is InChI=1S/C12H11ClN4/c1-17-8-9(7-16-17)6-15-12-10(5-14)3-2-4-11(12)13/h2-4,7-8,15H,6H2,1H3. The Morgan fingerprint density at radius 1 is 1.53 bits per heavy atom. The molecule has 2 aromatic rings. The molecule has 0 aliphatic rings. The molecule has 0 aliphatic heterocycles. The van der Waals surface area contributed by atoms with Gasteiger partial charge >= 0.3 is 0 Å². The fourth-order valence-corrected chi connectivity index (χ4v) is 1.79. The fraction of sp³-hybridized carbons (Fsp3) is 0.167. The van der Waals surface area contributed by atoms with Crippen molar-refractivity contribution in [3.8, 4) is 6.07 Å². The zero-order chi connectivity index (χ0) is 12.3. The van der Waals surface area contributed by atoms with Gasteiger partial charge in [0.2, 0.25) is 0 Å². The van der Waals surface area contributed by atoms with Gasteiger partial charge in [-0.2, -0.15) is 10.4 Å². The summed E-state index contributed by atoms with van der Waals surface area (Å²) in [6, 6.07) is 7.36. The van der Waals surface area contributed by atoms with Crippen LogP contribution in [0.1, 0.15) is 11.1 Å². The monoisotopic (exact) mass is 246 g/mol. The van der Waals surface area contributed by atoms with Gasteiger partial charge in [0.15, 0.2) is 0 Å². The van der Waals surface area contributed by atoms with Crippen LogP contribution in [0.4, 0.5) is 5.69 Å². The highest BCUT2D eigenvalue weighted by molar-refractivity contribution is 6.33. The number of halogens is 1. The SMILES string of the molecule is Cn1cc(CNc2c(Cl)cccc2C#N)cn1. The number of nitrogens with one attached hydrogen (secondary N) is 1. The molecule has 0 amide bonds. The molecule has 2 rings (SSSR count). The maximum Gasteiger partial charge on any atom is 0.101 e. The zero-order valence-electron chi connectivity index (χ0n) is 9.31. The van der Waals surface area contributed by atoms with E-state index in [1.165, 1.54) is 0 Å². The van der Waals surface area contributed by atoms with Crippen molar-refractivity contribution in [1.29, 1.82) is 5.26 Å². The molecule has 1 N–H and O–H groups in total. The van der Waals surface area contributed by atoms with Gasteiger partial charge in [0.1, 0.15) is 6.07 Å². The van der Waals surface area contributed by atoms with Crippen LogP contribution < -0.4 is 5.32 Å². The number of para-hydroxylation sites is 1. The second-order valence-electron chi connectivity index (χ2n) is 3.65. The van der Waals surface area contributed by atoms with Crippen molar-refractivity contribution >= 4 is 17.3 Å². The van der Waals surface area contributed by atoms with Crippen LogP contribution in [0.15, 0.2) is 30.6 Å². The van der Waals surface area contributed by atoms with Crippen molar-refractivity contribution in [2.45, 2.75) is 6.54 Å². The maximum absolute atomic E-state index is 8.98. The summed E-state index contributed by atoms with van der Waals surface area (Å²) in [7, 11) is 1.86. The first kappa shape index (κ1) is 11.5. The van der Waals surface area contributed by atoms with E-state index in [0.29, 0.717) is 22.8 Å². The summed E-state index contributed by atoms with van der Waals surface area (Å²) in [6.07, 6.45) is 3.69. The van der Waals surface area contributed by atoms with Crippen molar-refractivity contribution in [1.82, 2.24) is 9.78 Å². The molecule has 4 nitrogen and oxygen atoms in total. The number of aryl methyl sites for hydroxylation is 1. The molecule has 1 aromatic heterocycles. The number of hydrogen-bond donors (Lipinski definition) is 1. The Morgan fingerprint density at radius 3 is 3.00 bits per heavy atom. The number of hydrogen-bond acceptors (Lipinski definition) is 3. The quantitative estimate of drug-likeness (QED) is 0.906. The lowest BCUT2D eigenvalue weighted by atomic mass is 10.2. The molecule has 0 atom stereocenters. The van der Waals surface area contributed by atoms with Gasteiger partial charge in [-0.1, -0.05) is 17.7 Å². The summed E-state index contributed by atoms with van der Waals surface area (Å²) in [5, 5.41) is 16.8. The normalized spacial score (nSPS) is 9.94. The zero-order valence-corrected chi connectivity index (χ0v) is 10.1. The van der Waals surface area contributed by atoms with E-state index in [0.717, 1.165) is 5.56 Å². The first-order valence-corrected chi connectivity index (χ1v) is 5.48. The number of nitriles is 1. The highest BCUT2D eigenvalue weighted by Gasteiger charge is 2.06. The lowest BCUT2D eigenvalue weighted by Gasteiger charge is -2.08. The Hall–Kier alpha value is -1.99. The molecule has 1 heterocycles. The Morgan fingerprint density at radius 2 is 2.35 bits per heavy atom. The molecule has 0 spiro atoms. The summed E-state index contributed by atoms with van der Waals surface area (Å²) in [4.78, 5) is 0. The average Bonchev–Trinajstić information content (AvgIpc) is 2.73. The van der Waals surface area contributed by atoms with E-state index in [2.05, 4.69) is 16.5 Å². The number of benzene rings is 1. The van der Waals surface area contributed by atoms with E-state index in [9.17, 15) is 0 Å². The lowest BCUT2D eigenvalue weighted by Crippen LogP contribution is -2.01. The molecule has 5 heteroatoms. The van der Waals surface area contributed by atoms with Crippen molar-refractivity contribution in [3.05, 3.63) is 46.7 Å². The van der Waals surface area contributed by atoms with Crippen LogP contribution >= 0.6 is 11.6 Å². The number of nitrogens with zero attached hydrogens (tertiary/aromatic N) is 3. The van der Waals surface area contributed by atoms with E-state index in [-0.39, 0.29) is 0 Å². The molecule has 0 radical (unpaired) electrons. The minimum Gasteiger partial charge on any atom is -0.379 e. The Bertz CT molecular complexity index is 568. The Balaban J connectivity index is 2.17. The van der Waals surface area contributed by atoms with E-state index < -0.39 is 0 Å². The van der Waals surface area contributed by atoms with Gasteiger partial charge < -0.3 is 5.32 Å². The molecule has 86 valence electrons. The average molecular weight is 247 g/mol. The van der Waals surface area contributed by atoms with E-state index in [1.54, 1.807) is 29.1 Å². The molecule has 0 unspecified atom stereocenters. The van der Waals surface area contributed by atoms with Gasteiger partial charge in [0.05, 0.1) is 22.5 Å². The summed E-state index contributed by atoms with van der Waals surface area (Å²) < 4.78 is 1.73. The van der Waals surface area contributed by atoms with Gasteiger partial charge in [-0.25, -0.2) is 0 Å². The third-order valence-corrected chi connectivity index (χ3v) is 2.68. The fourth-order valence-electron chi connectivity index (χ4n) is 1.55. The molecule has 0 bridgehead atoms. The van der Waals surface area contributed by atoms with Crippen LogP contribution in [0.2, 0.25) is 5.02 Å². The van der Waals surface area contributed by atoms with Crippen LogP contribution in [0.5, 0.6) is 0 Å². The smallest absolute Gasteiger partial charge is 0.101 e. The number of rotatable bonds is 3. The first-order valence-electron chi connectivity index (χ1n) is 5.10. The summed E-state index contributed by atoms with van der Waals surface area (Å²) in [6.45, 7) is 0.590. The van der Waals surface area contributed by atoms with E-state index in [4.69, 9.17) is 16.9 Å². The van der Waals surface area contributed by atoms with Crippen molar-refractivity contribution in [2.24, 2.45) is 7.05 Å². The first-order chi connectivity index (χ1) is 8.20. The highest BCUT2D eigenvalue weighted by atomic mass is 35.5. The van der Waals surface area contributed by atoms with Crippen LogP contribution in [-0.2, 0) is 13.6 Å². The minimum absolute atomic E-state index is 0.543. The van der Waals surface area contributed by atoms with Crippen molar-refractivity contribution in [2.75, 3.05) is 5.32 Å². The highest BCUT2D eigenvalue weighted by Crippen LogP contribution is 2.25. The van der Waals surface area contributed by atoms with Gasteiger partial charge in [-0.15, -0.1) is 0 Å². The summed E-state index contributed by atoms with van der Waals surface area (Å²) in [5.41, 5.74) is 2.25. The summed E-state index contributed by atoms with van der Waals surface area (Å²) in [5.74, 6) is 0. The number of anilines is 1. The second kappa shape index (κ2) is 4.89. The van der Waals surface area contributed by atoms with Crippen molar-refractivity contribution in [3.63, 3.8) is 0 Å². The Labute approximate surface area is 104 Å². The third kappa shape index (κ3) is 2.58. The maximum atomic E-state index is 8.98. The third-order valence-electron chi connectivity index (χ3n) is 2.36. The molecule has 0 aliphatic carbocycles. The van der Waals surface area contributed by atoms with E-state index >= 15 is 0 Å². The van der Waals surface area contributed by atoms with Crippen molar-refractivity contribution < 1.29 is 0 Å². The van der Waals surface area contributed by atoms with Crippen LogP contribution in [0.25, 0.3) is 0 Å². The van der Waals surface area contributed by atoms with Crippen LogP contribution in [-0.4, -0.2) is 9.78 Å². The molecule has 0 saturated carbocycles. The summed E-state index contributed by atoms with van der Waals surface area (Å²) >= 11 is 6.05. The number of aromatic nitrogens is 2. The van der Waals surface area contributed by atoms with Gasteiger partial charge in [-0.05, 0) is 12.1 Å². The molecule has 0 fully saturated rings. The van der Waals surface area contributed by atoms with E-state index in [1.807, 2.05) is 13.2 Å². The molecular weight excluding hydrogens is 236 g/mol. The second-order valence-corrected chi connectivity index (χ2v) is 4.06. The largest absolute Gasteiger partial charge is 0.379 e. The molecular formula is C12H11ClN4. The predicted octanol–water partition coefficient (Wildman–Crippen LogP) is 2.56. The molecule has 1 aromatic carbocycles. The molecule has 0 saturated heterocycles. The van der Waals surface area contributed by atoms with Gasteiger partial charge in [0, 0.05) is 25.4 Å². The lowest BCUT2D eigenvalue weighted by molar-refractivity contribution is 0.767. The predicted molar refractivity (Wildman–Crippen MR) is 66.7 cm³/mol. The van der Waals surface area contributed by atoms with Crippen LogP contribution in [0, 0.1) is 11.3 Å². The Kier molecular flexibility index (Phi) is 3.31. The van der Waals surface area contributed by atoms with Crippen LogP contribution in [0.3, 0.4) is 0 Å². The minimum atomic E-state index is 0.543.